The standard InChI is InChI=1S/C49H37N3.Pt/c1-48(2,3)34-28-35(30-37(29-34)51-32-50(4)45-24-14-15-25-46(45)51)49(42-21-11-8-18-38(42)39-19-9-12-22-43(39)49)33-26-27-41-40-20-10-13-23-44(40)52(47(41)31-33)36-16-6-5-7-17-36;/h5-16,18-29,32H,1-4H3;/q-4;+4. The minimum atomic E-state index is -0.690. The van der Waals surface area contributed by atoms with Crippen molar-refractivity contribution in [3.05, 3.63) is 198 Å². The van der Waals surface area contributed by atoms with Crippen LogP contribution in [0.2, 0.25) is 0 Å². The summed E-state index contributed by atoms with van der Waals surface area (Å²) >= 11 is 0. The monoisotopic (exact) mass is 862 g/mol. The maximum Gasteiger partial charge on any atom is 4.00 e. The number of hydrogen-bond donors (Lipinski definition) is 0. The van der Waals surface area contributed by atoms with E-state index in [1.807, 2.05) is 12.1 Å². The van der Waals surface area contributed by atoms with Crippen molar-refractivity contribution in [1.82, 2.24) is 4.57 Å². The maximum atomic E-state index is 4.11. The van der Waals surface area contributed by atoms with Crippen LogP contribution in [0.3, 0.4) is 0 Å². The third-order valence-electron chi connectivity index (χ3n) is 11.1. The fraction of sp³-hybridized carbons (Fsp3) is 0.122. The van der Waals surface area contributed by atoms with Gasteiger partial charge in [-0.05, 0) is 58.3 Å². The van der Waals surface area contributed by atoms with Crippen LogP contribution in [0.25, 0.3) is 38.6 Å². The van der Waals surface area contributed by atoms with Gasteiger partial charge < -0.3 is 14.4 Å². The molecular weight excluding hydrogens is 826 g/mol. The van der Waals surface area contributed by atoms with Gasteiger partial charge in [0.2, 0.25) is 0 Å². The molecule has 258 valence electrons. The first kappa shape index (κ1) is 33.5. The predicted molar refractivity (Wildman–Crippen MR) is 215 cm³/mol. The molecule has 0 bridgehead atoms. The van der Waals surface area contributed by atoms with Gasteiger partial charge in [-0.1, -0.05) is 111 Å². The molecule has 53 heavy (non-hydrogen) atoms. The largest absolute Gasteiger partial charge is 4.00 e. The smallest absolute Gasteiger partial charge is 0.504 e. The molecule has 1 aliphatic carbocycles. The number of benzene rings is 7. The molecule has 0 saturated carbocycles. The average molecular weight is 863 g/mol. The molecule has 10 rings (SSSR count). The summed E-state index contributed by atoms with van der Waals surface area (Å²) in [5, 5.41) is 2.38. The maximum absolute atomic E-state index is 4.11. The average Bonchev–Trinajstić information content (AvgIpc) is 3.80. The Morgan fingerprint density at radius 3 is 1.98 bits per heavy atom. The minimum absolute atomic E-state index is 0. The van der Waals surface area contributed by atoms with Gasteiger partial charge in [0, 0.05) is 22.3 Å². The van der Waals surface area contributed by atoms with Crippen LogP contribution in [0.1, 0.15) is 48.6 Å². The van der Waals surface area contributed by atoms with E-state index in [2.05, 4.69) is 201 Å². The number of para-hydroxylation sites is 4. The molecular formula is C49H37N3Pt. The molecule has 0 amide bonds. The molecule has 0 fully saturated rings. The van der Waals surface area contributed by atoms with Crippen LogP contribution in [-0.2, 0) is 31.9 Å². The van der Waals surface area contributed by atoms with Crippen molar-refractivity contribution in [3.63, 3.8) is 0 Å². The summed E-state index contributed by atoms with van der Waals surface area (Å²) in [6.45, 7) is 9.10. The molecule has 7 aromatic carbocycles. The van der Waals surface area contributed by atoms with E-state index in [4.69, 9.17) is 0 Å². The molecule has 8 aromatic rings. The van der Waals surface area contributed by atoms with E-state index >= 15 is 0 Å². The number of fused-ring (bicyclic) bond motifs is 7. The van der Waals surface area contributed by atoms with Crippen LogP contribution < -0.4 is 9.80 Å². The molecule has 0 spiro atoms. The van der Waals surface area contributed by atoms with Crippen molar-refractivity contribution in [2.75, 3.05) is 16.8 Å². The van der Waals surface area contributed by atoms with Crippen molar-refractivity contribution in [1.29, 1.82) is 0 Å². The van der Waals surface area contributed by atoms with Gasteiger partial charge in [0.1, 0.15) is 0 Å². The van der Waals surface area contributed by atoms with Crippen LogP contribution in [0.5, 0.6) is 0 Å². The zero-order valence-corrected chi connectivity index (χ0v) is 32.4. The van der Waals surface area contributed by atoms with Crippen LogP contribution >= 0.6 is 0 Å². The van der Waals surface area contributed by atoms with Gasteiger partial charge in [0.05, 0.1) is 0 Å². The number of nitrogens with zero attached hydrogens (tertiary/aromatic N) is 3. The summed E-state index contributed by atoms with van der Waals surface area (Å²) in [7, 11) is 2.12. The quantitative estimate of drug-likeness (QED) is 0.163. The second-order valence-electron chi connectivity index (χ2n) is 15.1. The molecule has 0 saturated heterocycles. The number of rotatable bonds is 4. The third kappa shape index (κ3) is 4.90. The predicted octanol–water partition coefficient (Wildman–Crippen LogP) is 11.5. The Morgan fingerprint density at radius 1 is 0.604 bits per heavy atom. The van der Waals surface area contributed by atoms with Gasteiger partial charge in [0.15, 0.2) is 0 Å². The number of anilines is 3. The Labute approximate surface area is 326 Å². The van der Waals surface area contributed by atoms with E-state index in [0.717, 1.165) is 39.2 Å². The van der Waals surface area contributed by atoms with E-state index in [1.165, 1.54) is 44.3 Å². The normalized spacial score (nSPS) is 14.3. The number of aromatic nitrogens is 1. The van der Waals surface area contributed by atoms with Crippen LogP contribution in [0.15, 0.2) is 146 Å². The SMILES string of the molecule is CN1[CH-]N(c2[c-]c(C3(c4[c-]c5c(cc4)c4ccccc4n5-c4[c-]cccc4)c4ccccc4-c4ccccc43)cc(C(C)(C)C)c2)c2ccccc21.[Pt+4]. The molecule has 0 atom stereocenters. The number of hydrogen-bond acceptors (Lipinski definition) is 2. The molecule has 2 heterocycles. The Balaban J connectivity index is 0.00000372. The van der Waals surface area contributed by atoms with E-state index in [0.29, 0.717) is 0 Å². The van der Waals surface area contributed by atoms with Crippen LogP contribution in [-0.4, -0.2) is 11.6 Å². The van der Waals surface area contributed by atoms with Gasteiger partial charge >= 0.3 is 21.1 Å². The van der Waals surface area contributed by atoms with Crippen molar-refractivity contribution in [2.24, 2.45) is 0 Å². The van der Waals surface area contributed by atoms with Crippen molar-refractivity contribution in [3.8, 4) is 16.8 Å². The van der Waals surface area contributed by atoms with E-state index < -0.39 is 5.41 Å². The molecule has 0 N–H and O–H groups in total. The second kappa shape index (κ2) is 12.4. The fourth-order valence-corrected chi connectivity index (χ4v) is 8.62. The molecule has 1 aromatic heterocycles. The summed E-state index contributed by atoms with van der Waals surface area (Å²) in [5.41, 5.74) is 14.2. The van der Waals surface area contributed by atoms with Gasteiger partial charge in [-0.15, -0.1) is 34.3 Å². The molecule has 0 radical (unpaired) electrons. The van der Waals surface area contributed by atoms with Crippen molar-refractivity contribution in [2.45, 2.75) is 31.6 Å². The second-order valence-corrected chi connectivity index (χ2v) is 15.1. The van der Waals surface area contributed by atoms with E-state index in [1.54, 1.807) is 0 Å². The Hall–Kier alpha value is -5.37. The zero-order valence-electron chi connectivity index (χ0n) is 30.1. The van der Waals surface area contributed by atoms with Crippen molar-refractivity contribution < 1.29 is 21.1 Å². The Morgan fingerprint density at radius 2 is 1.26 bits per heavy atom. The summed E-state index contributed by atoms with van der Waals surface area (Å²) in [6.07, 6.45) is 0. The van der Waals surface area contributed by atoms with Gasteiger partial charge in [-0.2, -0.15) is 66.8 Å². The molecule has 3 nitrogen and oxygen atoms in total. The van der Waals surface area contributed by atoms with Gasteiger partial charge in [0.25, 0.3) is 0 Å². The first-order valence-corrected chi connectivity index (χ1v) is 18.0. The van der Waals surface area contributed by atoms with E-state index in [-0.39, 0.29) is 26.5 Å². The van der Waals surface area contributed by atoms with Crippen molar-refractivity contribution >= 4 is 38.9 Å². The third-order valence-corrected chi connectivity index (χ3v) is 11.1. The first-order valence-electron chi connectivity index (χ1n) is 18.0. The molecule has 0 unspecified atom stereocenters. The summed E-state index contributed by atoms with van der Waals surface area (Å²) in [4.78, 5) is 4.49. The molecule has 2 aliphatic rings. The summed E-state index contributed by atoms with van der Waals surface area (Å²) in [6, 6.07) is 64.4. The topological polar surface area (TPSA) is 11.4 Å². The minimum Gasteiger partial charge on any atom is -0.504 e. The van der Waals surface area contributed by atoms with Gasteiger partial charge in [-0.3, -0.25) is 0 Å². The summed E-state index contributed by atoms with van der Waals surface area (Å²) in [5.74, 6) is 0. The van der Waals surface area contributed by atoms with Crippen LogP contribution in [0, 0.1) is 24.9 Å². The molecule has 4 heteroatoms. The fourth-order valence-electron chi connectivity index (χ4n) is 8.62. The molecule has 1 aliphatic heterocycles. The van der Waals surface area contributed by atoms with Gasteiger partial charge in [-0.25, -0.2) is 0 Å². The summed E-state index contributed by atoms with van der Waals surface area (Å²) < 4.78 is 2.32. The zero-order chi connectivity index (χ0) is 35.2. The van der Waals surface area contributed by atoms with Crippen LogP contribution in [0.4, 0.5) is 17.1 Å². The Kier molecular flexibility index (Phi) is 7.80. The first-order chi connectivity index (χ1) is 25.3. The Bertz CT molecular complexity index is 2640. The van der Waals surface area contributed by atoms with E-state index in [9.17, 15) is 0 Å².